The second kappa shape index (κ2) is 7.97. The molecule has 0 aliphatic rings. The van der Waals surface area contributed by atoms with Crippen molar-refractivity contribution in [3.63, 3.8) is 0 Å². The molecule has 26 heavy (non-hydrogen) atoms. The molecule has 0 fully saturated rings. The van der Waals surface area contributed by atoms with Crippen LogP contribution in [-0.2, 0) is 13.0 Å². The van der Waals surface area contributed by atoms with E-state index in [1.54, 1.807) is 23.0 Å². The standard InChI is InChI=1S/C18H18ClFN4OS/c1-3-6-24-15(4-5-21-24)17(25)23-18-11(2)22-16(26-18)9-12-7-13(19)10-14(20)8-12/h4-5,7-8,10H,3,6,9H2,1-2H3,(H,23,25). The number of aromatic nitrogens is 3. The van der Waals surface area contributed by atoms with Crippen LogP contribution in [0.2, 0.25) is 5.02 Å². The highest BCUT2D eigenvalue weighted by Crippen LogP contribution is 2.27. The van der Waals surface area contributed by atoms with Gasteiger partial charge in [-0.05, 0) is 43.2 Å². The second-order valence-corrected chi connectivity index (χ2v) is 7.39. The van der Waals surface area contributed by atoms with Gasteiger partial charge in [0.1, 0.15) is 16.5 Å². The SMILES string of the molecule is CCCn1nccc1C(=O)Nc1sc(Cc2cc(F)cc(Cl)c2)nc1C. The minimum absolute atomic E-state index is 0.219. The van der Waals surface area contributed by atoms with Crippen molar-refractivity contribution in [3.05, 3.63) is 63.3 Å². The van der Waals surface area contributed by atoms with Crippen molar-refractivity contribution in [2.45, 2.75) is 33.2 Å². The molecule has 0 unspecified atom stereocenters. The molecule has 2 aromatic heterocycles. The second-order valence-electron chi connectivity index (χ2n) is 5.87. The third-order valence-corrected chi connectivity index (χ3v) is 5.02. The molecule has 1 aromatic carbocycles. The van der Waals surface area contributed by atoms with Crippen LogP contribution >= 0.6 is 22.9 Å². The van der Waals surface area contributed by atoms with E-state index in [-0.39, 0.29) is 11.7 Å². The highest BCUT2D eigenvalue weighted by molar-refractivity contribution is 7.16. The van der Waals surface area contributed by atoms with Gasteiger partial charge in [-0.2, -0.15) is 5.10 Å². The molecule has 0 saturated carbocycles. The Bertz CT molecular complexity index is 917. The molecule has 3 rings (SSSR count). The Hall–Kier alpha value is -2.25. The zero-order chi connectivity index (χ0) is 18.7. The number of hydrogen-bond acceptors (Lipinski definition) is 4. The summed E-state index contributed by atoms with van der Waals surface area (Å²) < 4.78 is 15.2. The number of halogens is 2. The third kappa shape index (κ3) is 4.28. The maximum atomic E-state index is 13.5. The van der Waals surface area contributed by atoms with Crippen LogP contribution in [0.3, 0.4) is 0 Å². The van der Waals surface area contributed by atoms with E-state index in [0.29, 0.717) is 28.7 Å². The number of nitrogens with one attached hydrogen (secondary N) is 1. The van der Waals surface area contributed by atoms with Crippen molar-refractivity contribution in [3.8, 4) is 0 Å². The van der Waals surface area contributed by atoms with Crippen molar-refractivity contribution >= 4 is 33.8 Å². The van der Waals surface area contributed by atoms with Gasteiger partial charge in [-0.15, -0.1) is 11.3 Å². The van der Waals surface area contributed by atoms with Gasteiger partial charge in [-0.3, -0.25) is 9.48 Å². The van der Waals surface area contributed by atoms with Gasteiger partial charge in [-0.1, -0.05) is 18.5 Å². The summed E-state index contributed by atoms with van der Waals surface area (Å²) in [6.07, 6.45) is 2.96. The van der Waals surface area contributed by atoms with Crippen molar-refractivity contribution in [1.29, 1.82) is 0 Å². The Morgan fingerprint density at radius 2 is 2.19 bits per heavy atom. The average molecular weight is 393 g/mol. The average Bonchev–Trinajstić information content (AvgIpc) is 3.14. The maximum absolute atomic E-state index is 13.5. The van der Waals surface area contributed by atoms with Crippen molar-refractivity contribution in [2.24, 2.45) is 0 Å². The first-order chi connectivity index (χ1) is 12.5. The van der Waals surface area contributed by atoms with E-state index in [0.717, 1.165) is 22.7 Å². The van der Waals surface area contributed by atoms with Crippen molar-refractivity contribution < 1.29 is 9.18 Å². The van der Waals surface area contributed by atoms with E-state index in [4.69, 9.17) is 11.6 Å². The third-order valence-electron chi connectivity index (χ3n) is 3.73. The zero-order valence-electron chi connectivity index (χ0n) is 14.4. The van der Waals surface area contributed by atoms with Crippen LogP contribution in [0.4, 0.5) is 9.39 Å². The molecule has 0 spiro atoms. The number of anilines is 1. The summed E-state index contributed by atoms with van der Waals surface area (Å²) in [6.45, 7) is 4.54. The lowest BCUT2D eigenvalue weighted by Crippen LogP contribution is -2.17. The summed E-state index contributed by atoms with van der Waals surface area (Å²) in [5.41, 5.74) is 1.98. The number of benzene rings is 1. The van der Waals surface area contributed by atoms with Gasteiger partial charge in [0.15, 0.2) is 0 Å². The molecular formula is C18H18ClFN4OS. The predicted octanol–water partition coefficient (Wildman–Crippen LogP) is 4.69. The fourth-order valence-corrected chi connectivity index (χ4v) is 3.85. The lowest BCUT2D eigenvalue weighted by molar-refractivity contribution is 0.101. The van der Waals surface area contributed by atoms with E-state index in [1.807, 2.05) is 13.8 Å². The lowest BCUT2D eigenvalue weighted by Gasteiger charge is -2.06. The molecule has 0 saturated heterocycles. The fraction of sp³-hybridized carbons (Fsp3) is 0.278. The molecule has 0 atom stereocenters. The highest BCUT2D eigenvalue weighted by atomic mass is 35.5. The summed E-state index contributed by atoms with van der Waals surface area (Å²) >= 11 is 7.27. The first-order valence-electron chi connectivity index (χ1n) is 8.20. The molecule has 1 amide bonds. The van der Waals surface area contributed by atoms with Crippen LogP contribution in [0.1, 0.15) is 40.1 Å². The largest absolute Gasteiger partial charge is 0.311 e. The molecule has 0 aliphatic heterocycles. The molecular weight excluding hydrogens is 375 g/mol. The van der Waals surface area contributed by atoms with Crippen LogP contribution in [0.5, 0.6) is 0 Å². The van der Waals surface area contributed by atoms with Crippen LogP contribution in [0, 0.1) is 12.7 Å². The van der Waals surface area contributed by atoms with Gasteiger partial charge in [0.25, 0.3) is 5.91 Å². The quantitative estimate of drug-likeness (QED) is 0.661. The summed E-state index contributed by atoms with van der Waals surface area (Å²) in [6, 6.07) is 6.10. The Kier molecular flexibility index (Phi) is 5.68. The summed E-state index contributed by atoms with van der Waals surface area (Å²) in [5, 5.41) is 8.87. The number of rotatable bonds is 6. The molecule has 1 N–H and O–H groups in total. The van der Waals surface area contributed by atoms with E-state index in [1.165, 1.54) is 23.5 Å². The predicted molar refractivity (Wildman–Crippen MR) is 102 cm³/mol. The summed E-state index contributed by atoms with van der Waals surface area (Å²) in [4.78, 5) is 17.0. The fourth-order valence-electron chi connectivity index (χ4n) is 2.61. The van der Waals surface area contributed by atoms with E-state index < -0.39 is 0 Å². The smallest absolute Gasteiger partial charge is 0.274 e. The minimum atomic E-state index is -0.376. The first kappa shape index (κ1) is 18.5. The van der Waals surface area contributed by atoms with Crippen LogP contribution in [0.25, 0.3) is 0 Å². The van der Waals surface area contributed by atoms with Gasteiger partial charge in [-0.25, -0.2) is 9.37 Å². The van der Waals surface area contributed by atoms with E-state index in [2.05, 4.69) is 15.4 Å². The van der Waals surface area contributed by atoms with Gasteiger partial charge in [0.05, 0.1) is 10.7 Å². The van der Waals surface area contributed by atoms with Crippen LogP contribution < -0.4 is 5.32 Å². The zero-order valence-corrected chi connectivity index (χ0v) is 16.0. The first-order valence-corrected chi connectivity index (χ1v) is 9.40. The molecule has 0 aliphatic carbocycles. The highest BCUT2D eigenvalue weighted by Gasteiger charge is 2.16. The molecule has 0 bridgehead atoms. The van der Waals surface area contributed by atoms with Gasteiger partial charge < -0.3 is 5.32 Å². The van der Waals surface area contributed by atoms with Gasteiger partial charge >= 0.3 is 0 Å². The number of aryl methyl sites for hydroxylation is 2. The van der Waals surface area contributed by atoms with E-state index in [9.17, 15) is 9.18 Å². The monoisotopic (exact) mass is 392 g/mol. The molecule has 0 radical (unpaired) electrons. The van der Waals surface area contributed by atoms with Crippen LogP contribution in [0.15, 0.2) is 30.5 Å². The number of thiazole rings is 1. The number of carbonyl (C=O) groups is 1. The van der Waals surface area contributed by atoms with Crippen molar-refractivity contribution in [2.75, 3.05) is 5.32 Å². The molecule has 8 heteroatoms. The Balaban J connectivity index is 1.75. The molecule has 136 valence electrons. The molecule has 2 heterocycles. The van der Waals surface area contributed by atoms with Gasteiger partial charge in [0, 0.05) is 24.2 Å². The maximum Gasteiger partial charge on any atom is 0.274 e. The van der Waals surface area contributed by atoms with Gasteiger partial charge in [0.2, 0.25) is 0 Å². The Morgan fingerprint density at radius 1 is 1.38 bits per heavy atom. The topological polar surface area (TPSA) is 59.8 Å². The van der Waals surface area contributed by atoms with Crippen molar-refractivity contribution in [1.82, 2.24) is 14.8 Å². The minimum Gasteiger partial charge on any atom is -0.311 e. The molecule has 5 nitrogen and oxygen atoms in total. The number of nitrogens with zero attached hydrogens (tertiary/aromatic N) is 3. The number of amides is 1. The Morgan fingerprint density at radius 3 is 2.92 bits per heavy atom. The normalized spacial score (nSPS) is 10.9. The lowest BCUT2D eigenvalue weighted by atomic mass is 10.1. The van der Waals surface area contributed by atoms with E-state index >= 15 is 0 Å². The Labute approximate surface area is 159 Å². The molecule has 3 aromatic rings. The summed E-state index contributed by atoms with van der Waals surface area (Å²) in [7, 11) is 0. The van der Waals surface area contributed by atoms with Crippen LogP contribution in [-0.4, -0.2) is 20.7 Å². The summed E-state index contributed by atoms with van der Waals surface area (Å²) in [5.74, 6) is -0.596. The number of hydrogen-bond donors (Lipinski definition) is 1. The number of carbonyl (C=O) groups excluding carboxylic acids is 1.